The number of anilines is 1. The Morgan fingerprint density at radius 1 is 1.35 bits per heavy atom. The Kier molecular flexibility index (Phi) is 4.30. The van der Waals surface area contributed by atoms with Crippen LogP contribution in [0, 0.1) is 12.7 Å². The molecule has 0 aliphatic carbocycles. The fourth-order valence-corrected chi connectivity index (χ4v) is 1.94. The number of nitrogens with zero attached hydrogens (tertiary/aromatic N) is 1. The van der Waals surface area contributed by atoms with E-state index < -0.39 is 5.97 Å². The lowest BCUT2D eigenvalue weighted by molar-refractivity contribution is 0.0690. The number of aromatic carboxylic acids is 1. The zero-order valence-corrected chi connectivity index (χ0v) is 11.1. The third-order valence-corrected chi connectivity index (χ3v) is 3.01. The van der Waals surface area contributed by atoms with E-state index in [9.17, 15) is 9.18 Å². The zero-order valence-electron chi connectivity index (χ0n) is 11.1. The molecule has 0 fully saturated rings. The molecule has 0 aliphatic heterocycles. The molecule has 5 heteroatoms. The summed E-state index contributed by atoms with van der Waals surface area (Å²) in [5.74, 6) is -1.29. The maximum absolute atomic E-state index is 13.0. The fourth-order valence-electron chi connectivity index (χ4n) is 1.94. The Hall–Kier alpha value is -2.43. The highest BCUT2D eigenvalue weighted by molar-refractivity contribution is 5.86. The molecule has 1 heterocycles. The van der Waals surface area contributed by atoms with Gasteiger partial charge in [0.2, 0.25) is 0 Å². The van der Waals surface area contributed by atoms with Crippen LogP contribution in [0.1, 0.15) is 21.6 Å². The van der Waals surface area contributed by atoms with Crippen LogP contribution >= 0.6 is 0 Å². The van der Waals surface area contributed by atoms with E-state index in [0.29, 0.717) is 12.2 Å². The molecule has 2 rings (SSSR count). The quantitative estimate of drug-likeness (QED) is 0.880. The van der Waals surface area contributed by atoms with Crippen LogP contribution in [-0.4, -0.2) is 22.6 Å². The van der Waals surface area contributed by atoms with Crippen LogP contribution in [0.2, 0.25) is 0 Å². The molecule has 0 atom stereocenters. The number of halogens is 1. The largest absolute Gasteiger partial charge is 0.477 e. The Labute approximate surface area is 116 Å². The molecule has 2 N–H and O–H groups in total. The second-order valence-electron chi connectivity index (χ2n) is 4.48. The lowest BCUT2D eigenvalue weighted by atomic mass is 10.1. The van der Waals surface area contributed by atoms with Crippen LogP contribution in [0.5, 0.6) is 0 Å². The summed E-state index contributed by atoms with van der Waals surface area (Å²) in [5.41, 5.74) is 2.68. The minimum atomic E-state index is -1.05. The summed E-state index contributed by atoms with van der Waals surface area (Å²) in [7, 11) is 0. The van der Waals surface area contributed by atoms with Crippen LogP contribution in [0.25, 0.3) is 0 Å². The van der Waals surface area contributed by atoms with E-state index in [1.807, 2.05) is 6.92 Å². The standard InChI is InChI=1S/C15H15FN2O2/c1-10-8-12(16)3-2-11(10)4-6-17-13-5-7-18-14(9-13)15(19)20/h2-3,5,7-9H,4,6H2,1H3,(H,17,18)(H,19,20). The van der Waals surface area contributed by atoms with E-state index >= 15 is 0 Å². The number of pyridine rings is 1. The summed E-state index contributed by atoms with van der Waals surface area (Å²) in [6.07, 6.45) is 2.19. The molecule has 1 aromatic heterocycles. The number of carbonyl (C=O) groups is 1. The molecule has 0 saturated heterocycles. The van der Waals surface area contributed by atoms with Crippen LogP contribution < -0.4 is 5.32 Å². The molecule has 0 saturated carbocycles. The van der Waals surface area contributed by atoms with Gasteiger partial charge in [0.15, 0.2) is 0 Å². The summed E-state index contributed by atoms with van der Waals surface area (Å²) >= 11 is 0. The number of hydrogen-bond acceptors (Lipinski definition) is 3. The van der Waals surface area contributed by atoms with Crippen molar-refractivity contribution in [3.05, 3.63) is 59.2 Å². The van der Waals surface area contributed by atoms with E-state index in [0.717, 1.165) is 17.5 Å². The SMILES string of the molecule is Cc1cc(F)ccc1CCNc1ccnc(C(=O)O)c1. The van der Waals surface area contributed by atoms with Crippen molar-refractivity contribution in [1.82, 2.24) is 4.98 Å². The molecule has 1 aromatic carbocycles. The summed E-state index contributed by atoms with van der Waals surface area (Å²) in [4.78, 5) is 14.5. The number of nitrogens with one attached hydrogen (secondary N) is 1. The average Bonchev–Trinajstić information content (AvgIpc) is 2.41. The van der Waals surface area contributed by atoms with Crippen LogP contribution in [0.4, 0.5) is 10.1 Å². The van der Waals surface area contributed by atoms with Crippen molar-refractivity contribution in [2.75, 3.05) is 11.9 Å². The van der Waals surface area contributed by atoms with E-state index in [4.69, 9.17) is 5.11 Å². The molecule has 0 amide bonds. The number of carboxylic acids is 1. The van der Waals surface area contributed by atoms with Gasteiger partial charge in [-0.3, -0.25) is 0 Å². The monoisotopic (exact) mass is 274 g/mol. The highest BCUT2D eigenvalue weighted by Gasteiger charge is 2.05. The van der Waals surface area contributed by atoms with Gasteiger partial charge in [0.05, 0.1) is 0 Å². The minimum absolute atomic E-state index is 0.00737. The first-order valence-corrected chi connectivity index (χ1v) is 6.24. The van der Waals surface area contributed by atoms with Gasteiger partial charge in [-0.25, -0.2) is 14.2 Å². The normalized spacial score (nSPS) is 10.3. The lowest BCUT2D eigenvalue weighted by Gasteiger charge is -2.09. The van der Waals surface area contributed by atoms with Gasteiger partial charge < -0.3 is 10.4 Å². The van der Waals surface area contributed by atoms with Crippen LogP contribution in [0.3, 0.4) is 0 Å². The molecule has 2 aromatic rings. The molecular formula is C15H15FN2O2. The van der Waals surface area contributed by atoms with Gasteiger partial charge in [0.25, 0.3) is 0 Å². The van der Waals surface area contributed by atoms with E-state index in [2.05, 4.69) is 10.3 Å². The second-order valence-corrected chi connectivity index (χ2v) is 4.48. The Bertz CT molecular complexity index is 629. The number of aryl methyl sites for hydroxylation is 1. The van der Waals surface area contributed by atoms with E-state index in [-0.39, 0.29) is 11.5 Å². The molecular weight excluding hydrogens is 259 g/mol. The van der Waals surface area contributed by atoms with Gasteiger partial charge in [0.1, 0.15) is 11.5 Å². The summed E-state index contributed by atoms with van der Waals surface area (Å²) in [5, 5.41) is 12.0. The van der Waals surface area contributed by atoms with E-state index in [1.165, 1.54) is 24.4 Å². The first-order chi connectivity index (χ1) is 9.56. The first-order valence-electron chi connectivity index (χ1n) is 6.24. The average molecular weight is 274 g/mol. The molecule has 0 unspecified atom stereocenters. The zero-order chi connectivity index (χ0) is 14.5. The molecule has 20 heavy (non-hydrogen) atoms. The lowest BCUT2D eigenvalue weighted by Crippen LogP contribution is -2.07. The van der Waals surface area contributed by atoms with Gasteiger partial charge in [-0.15, -0.1) is 0 Å². The molecule has 0 bridgehead atoms. The second kappa shape index (κ2) is 6.14. The minimum Gasteiger partial charge on any atom is -0.477 e. The molecule has 4 nitrogen and oxygen atoms in total. The third-order valence-electron chi connectivity index (χ3n) is 3.01. The maximum Gasteiger partial charge on any atom is 0.354 e. The van der Waals surface area contributed by atoms with Gasteiger partial charge in [-0.05, 0) is 48.7 Å². The molecule has 0 aliphatic rings. The Balaban J connectivity index is 1.96. The van der Waals surface area contributed by atoms with Gasteiger partial charge in [-0.1, -0.05) is 6.07 Å². The number of carboxylic acid groups (broad SMARTS) is 1. The highest BCUT2D eigenvalue weighted by Crippen LogP contribution is 2.12. The first kappa shape index (κ1) is 14.0. The smallest absolute Gasteiger partial charge is 0.354 e. The maximum atomic E-state index is 13.0. The Morgan fingerprint density at radius 3 is 2.85 bits per heavy atom. The number of rotatable bonds is 5. The highest BCUT2D eigenvalue weighted by atomic mass is 19.1. The van der Waals surface area contributed by atoms with Gasteiger partial charge in [-0.2, -0.15) is 0 Å². The fraction of sp³-hybridized carbons (Fsp3) is 0.200. The van der Waals surface area contributed by atoms with Gasteiger partial charge >= 0.3 is 5.97 Å². The summed E-state index contributed by atoms with van der Waals surface area (Å²) in [6.45, 7) is 2.50. The number of hydrogen-bond donors (Lipinski definition) is 2. The molecule has 0 spiro atoms. The third kappa shape index (κ3) is 3.54. The molecule has 0 radical (unpaired) electrons. The van der Waals surface area contributed by atoms with Crippen molar-refractivity contribution in [3.8, 4) is 0 Å². The number of benzene rings is 1. The van der Waals surface area contributed by atoms with Crippen LogP contribution in [0.15, 0.2) is 36.5 Å². The predicted octanol–water partition coefficient (Wildman–Crippen LogP) is 2.88. The topological polar surface area (TPSA) is 62.2 Å². The summed E-state index contributed by atoms with van der Waals surface area (Å²) in [6, 6.07) is 7.91. The summed E-state index contributed by atoms with van der Waals surface area (Å²) < 4.78 is 13.0. The van der Waals surface area contributed by atoms with Crippen molar-refractivity contribution in [3.63, 3.8) is 0 Å². The Morgan fingerprint density at radius 2 is 2.15 bits per heavy atom. The number of aromatic nitrogens is 1. The van der Waals surface area contributed by atoms with E-state index in [1.54, 1.807) is 12.1 Å². The van der Waals surface area contributed by atoms with Crippen molar-refractivity contribution < 1.29 is 14.3 Å². The van der Waals surface area contributed by atoms with Crippen molar-refractivity contribution in [2.24, 2.45) is 0 Å². The van der Waals surface area contributed by atoms with Crippen LogP contribution in [-0.2, 0) is 6.42 Å². The predicted molar refractivity (Wildman–Crippen MR) is 74.5 cm³/mol. The van der Waals surface area contributed by atoms with Crippen molar-refractivity contribution in [1.29, 1.82) is 0 Å². The van der Waals surface area contributed by atoms with Crippen molar-refractivity contribution in [2.45, 2.75) is 13.3 Å². The molecule has 104 valence electrons. The van der Waals surface area contributed by atoms with Gasteiger partial charge in [0, 0.05) is 18.4 Å². The van der Waals surface area contributed by atoms with Crippen molar-refractivity contribution >= 4 is 11.7 Å².